The second kappa shape index (κ2) is 5.10. The van der Waals surface area contributed by atoms with Crippen LogP contribution in [-0.4, -0.2) is 29.2 Å². The number of carbonyl (C=O) groups is 1. The minimum Gasteiger partial charge on any atom is -0.508 e. The summed E-state index contributed by atoms with van der Waals surface area (Å²) in [5, 5.41) is 19.8. The summed E-state index contributed by atoms with van der Waals surface area (Å²) < 4.78 is 10.9. The van der Waals surface area contributed by atoms with E-state index < -0.39 is 18.0 Å². The summed E-state index contributed by atoms with van der Waals surface area (Å²) in [6.07, 6.45) is -2.13. The lowest BCUT2D eigenvalue weighted by Gasteiger charge is -2.30. The van der Waals surface area contributed by atoms with Gasteiger partial charge in [-0.3, -0.25) is 4.79 Å². The van der Waals surface area contributed by atoms with Crippen LogP contribution in [0.15, 0.2) is 42.5 Å². The van der Waals surface area contributed by atoms with E-state index in [1.54, 1.807) is 24.3 Å². The van der Waals surface area contributed by atoms with Crippen molar-refractivity contribution >= 4 is 5.78 Å². The molecule has 2 atom stereocenters. The molecule has 1 unspecified atom stereocenters. The van der Waals surface area contributed by atoms with E-state index in [1.807, 2.05) is 6.07 Å². The van der Waals surface area contributed by atoms with E-state index in [0.717, 1.165) is 0 Å². The number of ether oxygens (including phenoxy) is 2. The van der Waals surface area contributed by atoms with Crippen molar-refractivity contribution in [3.05, 3.63) is 53.6 Å². The molecular formula is C16H14O5. The Morgan fingerprint density at radius 1 is 1.19 bits per heavy atom. The number of Topliss-reactive ketones (excluding diaryl/α,β-unsaturated/α-hetero) is 1. The molecule has 0 saturated carbocycles. The van der Waals surface area contributed by atoms with E-state index in [9.17, 15) is 15.0 Å². The molecule has 0 amide bonds. The summed E-state index contributed by atoms with van der Waals surface area (Å²) in [6.45, 7) is 0. The fourth-order valence-electron chi connectivity index (χ4n) is 2.43. The number of carbonyl (C=O) groups excluding carboxylic acids is 1. The second-order valence-corrected chi connectivity index (χ2v) is 4.78. The van der Waals surface area contributed by atoms with Crippen LogP contribution in [0, 0.1) is 0 Å². The van der Waals surface area contributed by atoms with Crippen molar-refractivity contribution < 1.29 is 24.5 Å². The summed E-state index contributed by atoms with van der Waals surface area (Å²) >= 11 is 0. The number of ketones is 1. The standard InChI is InChI=1S/C16H14O5/c1-20-12-8-10(17)7-11-13(18)14(19)15(21-16(11)12)9-5-3-2-4-6-9/h2-8,14-15,17,19H,1H3/t14?,15-/m0/s1. The molecule has 0 saturated heterocycles. The predicted octanol–water partition coefficient (Wildman–Crippen LogP) is 2.08. The number of hydrogen-bond acceptors (Lipinski definition) is 5. The Kier molecular flexibility index (Phi) is 3.27. The smallest absolute Gasteiger partial charge is 0.199 e. The molecule has 21 heavy (non-hydrogen) atoms. The second-order valence-electron chi connectivity index (χ2n) is 4.78. The fourth-order valence-corrected chi connectivity index (χ4v) is 2.43. The zero-order chi connectivity index (χ0) is 15.0. The van der Waals surface area contributed by atoms with Crippen molar-refractivity contribution in [3.8, 4) is 17.2 Å². The number of aliphatic hydroxyl groups excluding tert-OH is 1. The highest BCUT2D eigenvalue weighted by atomic mass is 16.5. The van der Waals surface area contributed by atoms with Gasteiger partial charge in [-0.25, -0.2) is 0 Å². The molecule has 3 rings (SSSR count). The Morgan fingerprint density at radius 3 is 2.57 bits per heavy atom. The summed E-state index contributed by atoms with van der Waals surface area (Å²) in [4.78, 5) is 12.3. The molecule has 5 heteroatoms. The molecular weight excluding hydrogens is 272 g/mol. The number of phenols is 1. The number of methoxy groups -OCH3 is 1. The number of fused-ring (bicyclic) bond motifs is 1. The summed E-state index contributed by atoms with van der Waals surface area (Å²) in [6, 6.07) is 11.6. The van der Waals surface area contributed by atoms with Gasteiger partial charge in [-0.1, -0.05) is 30.3 Å². The molecule has 0 aliphatic carbocycles. The van der Waals surface area contributed by atoms with Crippen molar-refractivity contribution in [1.29, 1.82) is 0 Å². The molecule has 2 aromatic carbocycles. The highest BCUT2D eigenvalue weighted by Crippen LogP contribution is 2.43. The summed E-state index contributed by atoms with van der Waals surface area (Å²) in [7, 11) is 1.42. The van der Waals surface area contributed by atoms with Gasteiger partial charge < -0.3 is 19.7 Å². The summed E-state index contributed by atoms with van der Waals surface area (Å²) in [5.74, 6) is -0.127. The number of hydrogen-bond donors (Lipinski definition) is 2. The first-order chi connectivity index (χ1) is 10.1. The van der Waals surface area contributed by atoms with Crippen LogP contribution in [0.1, 0.15) is 22.0 Å². The Morgan fingerprint density at radius 2 is 1.90 bits per heavy atom. The number of benzene rings is 2. The lowest BCUT2D eigenvalue weighted by Crippen LogP contribution is -2.36. The number of aromatic hydroxyl groups is 1. The lowest BCUT2D eigenvalue weighted by atomic mass is 9.93. The Bertz CT molecular complexity index is 681. The molecule has 1 aliphatic heterocycles. The van der Waals surface area contributed by atoms with Gasteiger partial charge in [-0.15, -0.1) is 0 Å². The highest BCUT2D eigenvalue weighted by Gasteiger charge is 2.38. The van der Waals surface area contributed by atoms with E-state index in [-0.39, 0.29) is 22.8 Å². The minimum absolute atomic E-state index is 0.117. The van der Waals surface area contributed by atoms with Crippen LogP contribution in [0.5, 0.6) is 17.2 Å². The Balaban J connectivity index is 2.10. The van der Waals surface area contributed by atoms with Crippen LogP contribution in [-0.2, 0) is 0 Å². The van der Waals surface area contributed by atoms with E-state index >= 15 is 0 Å². The van der Waals surface area contributed by atoms with Crippen LogP contribution < -0.4 is 9.47 Å². The van der Waals surface area contributed by atoms with Crippen molar-refractivity contribution in [3.63, 3.8) is 0 Å². The average molecular weight is 286 g/mol. The third-order valence-corrected chi connectivity index (χ3v) is 3.45. The van der Waals surface area contributed by atoms with Gasteiger partial charge in [0, 0.05) is 6.07 Å². The fraction of sp³-hybridized carbons (Fsp3) is 0.188. The molecule has 0 aromatic heterocycles. The maximum absolute atomic E-state index is 12.3. The van der Waals surface area contributed by atoms with Crippen LogP contribution in [0.25, 0.3) is 0 Å². The summed E-state index contributed by atoms with van der Waals surface area (Å²) in [5.41, 5.74) is 0.811. The van der Waals surface area contributed by atoms with Gasteiger partial charge in [0.15, 0.2) is 29.5 Å². The largest absolute Gasteiger partial charge is 0.508 e. The van der Waals surface area contributed by atoms with Gasteiger partial charge >= 0.3 is 0 Å². The van der Waals surface area contributed by atoms with Crippen molar-refractivity contribution in [2.75, 3.05) is 7.11 Å². The van der Waals surface area contributed by atoms with Gasteiger partial charge in [0.25, 0.3) is 0 Å². The van der Waals surface area contributed by atoms with Crippen molar-refractivity contribution in [2.24, 2.45) is 0 Å². The molecule has 1 heterocycles. The first kappa shape index (κ1) is 13.5. The van der Waals surface area contributed by atoms with E-state index in [2.05, 4.69) is 0 Å². The monoisotopic (exact) mass is 286 g/mol. The average Bonchev–Trinajstić information content (AvgIpc) is 2.51. The van der Waals surface area contributed by atoms with E-state index in [1.165, 1.54) is 19.2 Å². The van der Waals surface area contributed by atoms with Crippen molar-refractivity contribution in [1.82, 2.24) is 0 Å². The van der Waals surface area contributed by atoms with Gasteiger partial charge in [0.1, 0.15) is 5.75 Å². The van der Waals surface area contributed by atoms with Gasteiger partial charge in [-0.2, -0.15) is 0 Å². The van der Waals surface area contributed by atoms with E-state index in [0.29, 0.717) is 5.56 Å². The van der Waals surface area contributed by atoms with Crippen LogP contribution in [0.2, 0.25) is 0 Å². The highest BCUT2D eigenvalue weighted by molar-refractivity contribution is 6.04. The quantitative estimate of drug-likeness (QED) is 0.884. The first-order valence-corrected chi connectivity index (χ1v) is 6.46. The SMILES string of the molecule is COc1cc(O)cc2c1O[C@@H](c1ccccc1)C(O)C2=O. The van der Waals surface area contributed by atoms with E-state index in [4.69, 9.17) is 9.47 Å². The Labute approximate surface area is 121 Å². The number of rotatable bonds is 2. The maximum Gasteiger partial charge on any atom is 0.199 e. The third kappa shape index (κ3) is 2.21. The minimum atomic E-state index is -1.33. The topological polar surface area (TPSA) is 76.0 Å². The van der Waals surface area contributed by atoms with Gasteiger partial charge in [-0.05, 0) is 11.6 Å². The molecule has 2 aromatic rings. The Hall–Kier alpha value is -2.53. The van der Waals surface area contributed by atoms with Crippen LogP contribution >= 0.6 is 0 Å². The zero-order valence-corrected chi connectivity index (χ0v) is 11.3. The molecule has 5 nitrogen and oxygen atoms in total. The molecule has 1 aliphatic rings. The molecule has 0 radical (unpaired) electrons. The van der Waals surface area contributed by atoms with Crippen LogP contribution in [0.3, 0.4) is 0 Å². The van der Waals surface area contributed by atoms with Gasteiger partial charge in [0.2, 0.25) is 0 Å². The molecule has 0 bridgehead atoms. The van der Waals surface area contributed by atoms with Crippen molar-refractivity contribution in [2.45, 2.75) is 12.2 Å². The molecule has 108 valence electrons. The molecule has 0 spiro atoms. The normalized spacial score (nSPS) is 20.6. The predicted molar refractivity (Wildman–Crippen MR) is 74.8 cm³/mol. The number of phenolic OH excluding ortho intramolecular Hbond substituents is 1. The zero-order valence-electron chi connectivity index (χ0n) is 11.3. The van der Waals surface area contributed by atoms with Crippen LogP contribution in [0.4, 0.5) is 0 Å². The van der Waals surface area contributed by atoms with Gasteiger partial charge in [0.05, 0.1) is 12.7 Å². The lowest BCUT2D eigenvalue weighted by molar-refractivity contribution is 0.0204. The molecule has 0 fully saturated rings. The first-order valence-electron chi connectivity index (χ1n) is 6.46. The maximum atomic E-state index is 12.3. The molecule has 2 N–H and O–H groups in total. The number of aliphatic hydroxyl groups is 1. The third-order valence-electron chi connectivity index (χ3n) is 3.45.